The summed E-state index contributed by atoms with van der Waals surface area (Å²) in [6, 6.07) is 4.07. The van der Waals surface area contributed by atoms with Crippen molar-refractivity contribution in [3.8, 4) is 0 Å². The summed E-state index contributed by atoms with van der Waals surface area (Å²) in [6.07, 6.45) is 0. The Morgan fingerprint density at radius 3 is 2.18 bits per heavy atom. The second-order valence-electron chi connectivity index (χ2n) is 4.22. The monoisotopic (exact) mass is 589 g/mol. The first-order valence-electron chi connectivity index (χ1n) is 4.80. The molecule has 1 amide bonds. The van der Waals surface area contributed by atoms with E-state index in [9.17, 15) is 4.79 Å². The molecule has 1 aromatic carbocycles. The molecule has 1 N–H and O–H groups in total. The average molecular weight is 589 g/mol. The number of hydrogen-bond acceptors (Lipinski definition) is 1. The molecule has 0 spiro atoms. The molecule has 0 unspecified atom stereocenters. The summed E-state index contributed by atoms with van der Waals surface area (Å²) < 4.78 is 3.24. The zero-order chi connectivity index (χ0) is 13.2. The maximum Gasteiger partial charge on any atom is 0.231 e. The van der Waals surface area contributed by atoms with Crippen molar-refractivity contribution in [2.75, 3.05) is 11.2 Å². The van der Waals surface area contributed by atoms with Crippen LogP contribution in [0.4, 0.5) is 5.69 Å². The summed E-state index contributed by atoms with van der Waals surface area (Å²) in [4.78, 5) is 12.1. The van der Waals surface area contributed by atoms with Crippen molar-refractivity contribution in [2.24, 2.45) is 5.41 Å². The second-order valence-corrected chi connectivity index (χ2v) is 8.05. The molecule has 0 saturated heterocycles. The average Bonchev–Trinajstić information content (AvgIpc) is 2.22. The molecule has 6 heteroatoms. The molecule has 0 saturated carbocycles. The standard InChI is InChI=1S/C11H11ClI3NO/c1-11(2,5-12)10(17)16-9-7(14)3-6(13)4-8(9)15/h3-4H,5H2,1-2H3,(H,16,17). The van der Waals surface area contributed by atoms with Gasteiger partial charge in [0.1, 0.15) is 0 Å². The molecule has 0 aliphatic heterocycles. The van der Waals surface area contributed by atoms with Crippen molar-refractivity contribution in [3.05, 3.63) is 22.8 Å². The SMILES string of the molecule is CC(C)(CCl)C(=O)Nc1c(I)cc(I)cc1I. The van der Waals surface area contributed by atoms with E-state index >= 15 is 0 Å². The van der Waals surface area contributed by atoms with Crippen LogP contribution in [0, 0.1) is 16.1 Å². The van der Waals surface area contributed by atoms with Crippen LogP contribution >= 0.6 is 79.4 Å². The highest BCUT2D eigenvalue weighted by Gasteiger charge is 2.27. The largest absolute Gasteiger partial charge is 0.324 e. The van der Waals surface area contributed by atoms with E-state index in [-0.39, 0.29) is 5.91 Å². The van der Waals surface area contributed by atoms with Gasteiger partial charge in [-0.25, -0.2) is 0 Å². The number of anilines is 1. The third-order valence-electron chi connectivity index (χ3n) is 2.19. The number of carbonyl (C=O) groups excluding carboxylic acids is 1. The summed E-state index contributed by atoms with van der Waals surface area (Å²) in [5.74, 6) is 0.251. The second kappa shape index (κ2) is 6.56. The van der Waals surface area contributed by atoms with Crippen LogP contribution in [-0.2, 0) is 4.79 Å². The molecule has 0 radical (unpaired) electrons. The molecule has 0 heterocycles. The Morgan fingerprint density at radius 2 is 1.76 bits per heavy atom. The Morgan fingerprint density at radius 1 is 1.29 bits per heavy atom. The highest BCUT2D eigenvalue weighted by Crippen LogP contribution is 2.29. The van der Waals surface area contributed by atoms with Crippen LogP contribution in [0.15, 0.2) is 12.1 Å². The van der Waals surface area contributed by atoms with Gasteiger partial charge in [-0.1, -0.05) is 0 Å². The van der Waals surface area contributed by atoms with Gasteiger partial charge in [0.2, 0.25) is 5.91 Å². The maximum absolute atomic E-state index is 12.1. The van der Waals surface area contributed by atoms with Crippen LogP contribution in [0.25, 0.3) is 0 Å². The third kappa shape index (κ3) is 4.34. The molecule has 17 heavy (non-hydrogen) atoms. The number of rotatable bonds is 3. The summed E-state index contributed by atoms with van der Waals surface area (Å²) in [5, 5.41) is 2.96. The van der Waals surface area contributed by atoms with E-state index in [1.54, 1.807) is 0 Å². The highest BCUT2D eigenvalue weighted by molar-refractivity contribution is 14.1. The maximum atomic E-state index is 12.1. The lowest BCUT2D eigenvalue weighted by atomic mass is 9.95. The first kappa shape index (κ1) is 16.2. The molecule has 2 nitrogen and oxygen atoms in total. The van der Waals surface area contributed by atoms with Crippen molar-refractivity contribution >= 4 is 91.0 Å². The van der Waals surface area contributed by atoms with Gasteiger partial charge in [-0.05, 0) is 93.8 Å². The Hall–Kier alpha value is 1.17. The zero-order valence-corrected chi connectivity index (χ0v) is 16.5. The fourth-order valence-electron chi connectivity index (χ4n) is 1.01. The van der Waals surface area contributed by atoms with Gasteiger partial charge in [-0.2, -0.15) is 0 Å². The van der Waals surface area contributed by atoms with Crippen LogP contribution in [0.3, 0.4) is 0 Å². The molecule has 0 bridgehead atoms. The van der Waals surface area contributed by atoms with Crippen molar-refractivity contribution in [3.63, 3.8) is 0 Å². The Kier molecular flexibility index (Phi) is 6.26. The van der Waals surface area contributed by atoms with Crippen molar-refractivity contribution < 1.29 is 4.79 Å². The van der Waals surface area contributed by atoms with Gasteiger partial charge < -0.3 is 5.32 Å². The number of nitrogens with one attached hydrogen (secondary N) is 1. The zero-order valence-electron chi connectivity index (χ0n) is 9.28. The predicted octanol–water partition coefficient (Wildman–Crippen LogP) is 4.70. The van der Waals surface area contributed by atoms with Crippen LogP contribution in [0.5, 0.6) is 0 Å². The van der Waals surface area contributed by atoms with Gasteiger partial charge in [-0.3, -0.25) is 4.79 Å². The Labute approximate surface area is 147 Å². The topological polar surface area (TPSA) is 29.1 Å². The lowest BCUT2D eigenvalue weighted by molar-refractivity contribution is -0.122. The summed E-state index contributed by atoms with van der Waals surface area (Å²) in [6.45, 7) is 3.67. The Bertz CT molecular complexity index is 425. The van der Waals surface area contributed by atoms with E-state index in [0.717, 1.165) is 16.4 Å². The van der Waals surface area contributed by atoms with Crippen LogP contribution in [0.2, 0.25) is 0 Å². The normalized spacial score (nSPS) is 11.4. The minimum atomic E-state index is -0.559. The van der Waals surface area contributed by atoms with E-state index in [2.05, 4.69) is 73.1 Å². The van der Waals surface area contributed by atoms with E-state index in [1.807, 2.05) is 26.0 Å². The van der Waals surface area contributed by atoms with Gasteiger partial charge in [-0.15, -0.1) is 11.6 Å². The number of halogens is 4. The summed E-state index contributed by atoms with van der Waals surface area (Å²) >= 11 is 12.5. The number of amides is 1. The third-order valence-corrected chi connectivity index (χ3v) is 5.19. The highest BCUT2D eigenvalue weighted by atomic mass is 127. The predicted molar refractivity (Wildman–Crippen MR) is 97.7 cm³/mol. The van der Waals surface area contributed by atoms with E-state index in [4.69, 9.17) is 11.6 Å². The van der Waals surface area contributed by atoms with E-state index < -0.39 is 5.41 Å². The molecule has 0 fully saturated rings. The number of alkyl halides is 1. The molecular weight excluding hydrogens is 578 g/mol. The summed E-state index contributed by atoms with van der Waals surface area (Å²) in [5.41, 5.74) is 0.311. The molecule has 1 aromatic rings. The lowest BCUT2D eigenvalue weighted by Gasteiger charge is -2.21. The minimum absolute atomic E-state index is 0.0514. The molecule has 0 aromatic heterocycles. The van der Waals surface area contributed by atoms with Gasteiger partial charge in [0.05, 0.1) is 11.1 Å². The summed E-state index contributed by atoms with van der Waals surface area (Å²) in [7, 11) is 0. The molecule has 94 valence electrons. The number of hydrogen-bond donors (Lipinski definition) is 1. The van der Waals surface area contributed by atoms with Gasteiger partial charge in [0.15, 0.2) is 0 Å². The smallest absolute Gasteiger partial charge is 0.231 e. The molecule has 1 rings (SSSR count). The fourth-order valence-corrected chi connectivity index (χ4v) is 4.98. The first-order chi connectivity index (χ1) is 7.77. The minimum Gasteiger partial charge on any atom is -0.324 e. The molecule has 0 aliphatic carbocycles. The van der Waals surface area contributed by atoms with Crippen LogP contribution in [0.1, 0.15) is 13.8 Å². The van der Waals surface area contributed by atoms with Crippen LogP contribution in [-0.4, -0.2) is 11.8 Å². The van der Waals surface area contributed by atoms with Crippen molar-refractivity contribution in [1.29, 1.82) is 0 Å². The quantitative estimate of drug-likeness (QED) is 0.402. The van der Waals surface area contributed by atoms with Crippen molar-refractivity contribution in [1.82, 2.24) is 0 Å². The first-order valence-corrected chi connectivity index (χ1v) is 8.57. The Balaban J connectivity index is 3.01. The molecule has 0 aliphatic rings. The van der Waals surface area contributed by atoms with Gasteiger partial charge in [0, 0.05) is 16.6 Å². The number of benzene rings is 1. The van der Waals surface area contributed by atoms with Crippen molar-refractivity contribution in [2.45, 2.75) is 13.8 Å². The lowest BCUT2D eigenvalue weighted by Crippen LogP contribution is -2.32. The molecular formula is C11H11ClI3NO. The van der Waals surface area contributed by atoms with Gasteiger partial charge in [0.25, 0.3) is 0 Å². The van der Waals surface area contributed by atoms with Gasteiger partial charge >= 0.3 is 0 Å². The molecule has 0 atom stereocenters. The van der Waals surface area contributed by atoms with E-state index in [1.165, 1.54) is 0 Å². The van der Waals surface area contributed by atoms with E-state index in [0.29, 0.717) is 5.88 Å². The number of carbonyl (C=O) groups is 1. The van der Waals surface area contributed by atoms with Crippen LogP contribution < -0.4 is 5.32 Å². The fraction of sp³-hybridized carbons (Fsp3) is 0.364.